The van der Waals surface area contributed by atoms with Crippen LogP contribution in [0.5, 0.6) is 5.75 Å². The Bertz CT molecular complexity index is 796. The first kappa shape index (κ1) is 24.2. The Kier molecular flexibility index (Phi) is 10.1. The van der Waals surface area contributed by atoms with Gasteiger partial charge in [0.25, 0.3) is 5.91 Å². The Morgan fingerprint density at radius 2 is 1.70 bits per heavy atom. The molecule has 0 fully saturated rings. The highest BCUT2D eigenvalue weighted by Gasteiger charge is 2.29. The van der Waals surface area contributed by atoms with Crippen LogP contribution < -0.4 is 10.1 Å². The van der Waals surface area contributed by atoms with Gasteiger partial charge in [0, 0.05) is 16.2 Å². The molecule has 1 N–H and O–H groups in total. The molecule has 0 aliphatic carbocycles. The van der Waals surface area contributed by atoms with Crippen LogP contribution in [0, 0.1) is 3.57 Å². The molecular formula is C24H31IN2O3. The molecule has 2 rings (SSSR count). The molecule has 6 heteroatoms. The number of hydrogen-bond acceptors (Lipinski definition) is 3. The molecule has 162 valence electrons. The monoisotopic (exact) mass is 522 g/mol. The lowest BCUT2D eigenvalue weighted by Gasteiger charge is -2.31. The van der Waals surface area contributed by atoms with E-state index in [2.05, 4.69) is 27.9 Å². The average Bonchev–Trinajstić information content (AvgIpc) is 2.76. The number of ether oxygens (including phenoxy) is 1. The van der Waals surface area contributed by atoms with E-state index in [0.717, 1.165) is 15.6 Å². The van der Waals surface area contributed by atoms with Crippen LogP contribution >= 0.6 is 22.6 Å². The summed E-state index contributed by atoms with van der Waals surface area (Å²) in [5.74, 6) is 0.349. The minimum absolute atomic E-state index is 0.0701. The summed E-state index contributed by atoms with van der Waals surface area (Å²) in [5, 5.41) is 3.02. The highest BCUT2D eigenvalue weighted by atomic mass is 127. The molecule has 0 heterocycles. The van der Waals surface area contributed by atoms with Gasteiger partial charge in [-0.15, -0.1) is 0 Å². The zero-order valence-electron chi connectivity index (χ0n) is 17.9. The summed E-state index contributed by atoms with van der Waals surface area (Å²) in [6, 6.07) is 17.1. The van der Waals surface area contributed by atoms with Gasteiger partial charge in [0.1, 0.15) is 11.8 Å². The fraction of sp³-hybridized carbons (Fsp3) is 0.417. The van der Waals surface area contributed by atoms with Gasteiger partial charge < -0.3 is 15.0 Å². The lowest BCUT2D eigenvalue weighted by atomic mass is 10.1. The second-order valence-corrected chi connectivity index (χ2v) is 8.55. The topological polar surface area (TPSA) is 58.6 Å². The number of rotatable bonds is 11. The molecule has 0 saturated heterocycles. The van der Waals surface area contributed by atoms with Gasteiger partial charge in [-0.1, -0.05) is 44.2 Å². The van der Waals surface area contributed by atoms with Gasteiger partial charge in [-0.05, 0) is 78.6 Å². The van der Waals surface area contributed by atoms with Crippen LogP contribution in [0.2, 0.25) is 0 Å². The van der Waals surface area contributed by atoms with Crippen molar-refractivity contribution in [3.63, 3.8) is 0 Å². The van der Waals surface area contributed by atoms with Crippen LogP contribution in [0.25, 0.3) is 0 Å². The van der Waals surface area contributed by atoms with Gasteiger partial charge >= 0.3 is 0 Å². The van der Waals surface area contributed by atoms with Crippen molar-refractivity contribution in [1.82, 2.24) is 10.2 Å². The first-order chi connectivity index (χ1) is 14.4. The number of hydrogen-bond donors (Lipinski definition) is 1. The molecule has 2 unspecified atom stereocenters. The third-order valence-corrected chi connectivity index (χ3v) is 5.77. The van der Waals surface area contributed by atoms with Crippen LogP contribution in [0.3, 0.4) is 0 Å². The van der Waals surface area contributed by atoms with Crippen molar-refractivity contribution >= 4 is 34.4 Å². The van der Waals surface area contributed by atoms with E-state index >= 15 is 0 Å². The van der Waals surface area contributed by atoms with Gasteiger partial charge in [-0.2, -0.15) is 0 Å². The average molecular weight is 522 g/mol. The summed E-state index contributed by atoms with van der Waals surface area (Å²) in [4.78, 5) is 27.6. The Balaban J connectivity index is 2.11. The maximum Gasteiger partial charge on any atom is 0.261 e. The number of halogens is 1. The van der Waals surface area contributed by atoms with E-state index < -0.39 is 6.04 Å². The number of carbonyl (C=O) groups is 2. The number of amides is 2. The minimum Gasteiger partial charge on any atom is -0.484 e. The predicted octanol–water partition coefficient (Wildman–Crippen LogP) is 4.43. The van der Waals surface area contributed by atoms with Crippen LogP contribution in [0.1, 0.15) is 39.2 Å². The van der Waals surface area contributed by atoms with Crippen LogP contribution in [0.15, 0.2) is 54.6 Å². The fourth-order valence-electron chi connectivity index (χ4n) is 3.10. The van der Waals surface area contributed by atoms with Gasteiger partial charge in [-0.25, -0.2) is 0 Å². The van der Waals surface area contributed by atoms with E-state index in [1.807, 2.05) is 75.4 Å². The van der Waals surface area contributed by atoms with Gasteiger partial charge in [0.2, 0.25) is 5.91 Å². The van der Waals surface area contributed by atoms with Crippen LogP contribution in [-0.2, 0) is 16.0 Å². The van der Waals surface area contributed by atoms with Gasteiger partial charge in [0.05, 0.1) is 0 Å². The summed E-state index contributed by atoms with van der Waals surface area (Å²) in [6.07, 6.45) is 2.08. The second-order valence-electron chi connectivity index (χ2n) is 7.31. The fourth-order valence-corrected chi connectivity index (χ4v) is 3.46. The molecule has 0 spiro atoms. The summed E-state index contributed by atoms with van der Waals surface area (Å²) >= 11 is 2.22. The number of nitrogens with one attached hydrogen (secondary N) is 1. The van der Waals surface area contributed by atoms with Crippen molar-refractivity contribution in [2.45, 2.75) is 52.1 Å². The number of benzene rings is 2. The molecule has 0 aliphatic rings. The quantitative estimate of drug-likeness (QED) is 0.445. The summed E-state index contributed by atoms with van der Waals surface area (Å²) in [7, 11) is 0. The molecule has 2 amide bonds. The first-order valence-electron chi connectivity index (χ1n) is 10.5. The molecule has 0 saturated carbocycles. The van der Waals surface area contributed by atoms with Crippen molar-refractivity contribution in [1.29, 1.82) is 0 Å². The molecule has 0 aromatic heterocycles. The molecule has 2 aromatic carbocycles. The van der Waals surface area contributed by atoms with Crippen molar-refractivity contribution in [3.05, 3.63) is 63.7 Å². The molecule has 30 heavy (non-hydrogen) atoms. The zero-order valence-corrected chi connectivity index (χ0v) is 20.1. The van der Waals surface area contributed by atoms with Crippen LogP contribution in [-0.4, -0.2) is 41.9 Å². The second kappa shape index (κ2) is 12.6. The van der Waals surface area contributed by atoms with E-state index in [4.69, 9.17) is 4.74 Å². The van der Waals surface area contributed by atoms with Gasteiger partial charge in [0.15, 0.2) is 6.61 Å². The van der Waals surface area contributed by atoms with Gasteiger partial charge in [-0.3, -0.25) is 9.59 Å². The highest BCUT2D eigenvalue weighted by Crippen LogP contribution is 2.15. The largest absolute Gasteiger partial charge is 0.484 e. The molecule has 0 radical (unpaired) electrons. The lowest BCUT2D eigenvalue weighted by Crippen LogP contribution is -2.52. The van der Waals surface area contributed by atoms with E-state index in [9.17, 15) is 9.59 Å². The standard InChI is InChI=1S/C24H31IN2O3/c1-4-18(3)26-24(29)22(5-2)27(16-15-19-9-7-6-8-10-19)23(28)17-30-21-13-11-20(25)12-14-21/h6-14,18,22H,4-5,15-17H2,1-3H3,(H,26,29). The molecule has 2 aromatic rings. The third-order valence-electron chi connectivity index (χ3n) is 5.05. The Morgan fingerprint density at radius 3 is 2.30 bits per heavy atom. The molecule has 0 aliphatic heterocycles. The number of nitrogens with zero attached hydrogens (tertiary/aromatic N) is 1. The smallest absolute Gasteiger partial charge is 0.261 e. The third kappa shape index (κ3) is 7.63. The minimum atomic E-state index is -0.518. The van der Waals surface area contributed by atoms with E-state index in [1.54, 1.807) is 4.90 Å². The normalized spacial score (nSPS) is 12.7. The SMILES string of the molecule is CCC(C)NC(=O)C(CC)N(CCc1ccccc1)C(=O)COc1ccc(I)cc1. The summed E-state index contributed by atoms with van der Waals surface area (Å²) in [6.45, 7) is 6.30. The molecule has 5 nitrogen and oxygen atoms in total. The maximum absolute atomic E-state index is 13.1. The van der Waals surface area contributed by atoms with Crippen molar-refractivity contribution in [2.75, 3.05) is 13.2 Å². The molecule has 0 bridgehead atoms. The van der Waals surface area contributed by atoms with Crippen molar-refractivity contribution in [3.8, 4) is 5.75 Å². The van der Waals surface area contributed by atoms with Crippen LogP contribution in [0.4, 0.5) is 0 Å². The Labute approximate surface area is 193 Å². The van der Waals surface area contributed by atoms with E-state index in [1.165, 1.54) is 0 Å². The highest BCUT2D eigenvalue weighted by molar-refractivity contribution is 14.1. The zero-order chi connectivity index (χ0) is 21.9. The summed E-state index contributed by atoms with van der Waals surface area (Å²) in [5.41, 5.74) is 1.13. The van der Waals surface area contributed by atoms with Crippen molar-refractivity contribution in [2.24, 2.45) is 0 Å². The Morgan fingerprint density at radius 1 is 1.03 bits per heavy atom. The molecular weight excluding hydrogens is 491 g/mol. The predicted molar refractivity (Wildman–Crippen MR) is 128 cm³/mol. The Hall–Kier alpha value is -2.09. The maximum atomic E-state index is 13.1. The van der Waals surface area contributed by atoms with E-state index in [0.29, 0.717) is 25.1 Å². The van der Waals surface area contributed by atoms with Crippen molar-refractivity contribution < 1.29 is 14.3 Å². The van der Waals surface area contributed by atoms with E-state index in [-0.39, 0.29) is 24.5 Å². The molecule has 2 atom stereocenters. The lowest BCUT2D eigenvalue weighted by molar-refractivity contribution is -0.142. The first-order valence-corrected chi connectivity index (χ1v) is 11.5. The summed E-state index contributed by atoms with van der Waals surface area (Å²) < 4.78 is 6.81. The number of carbonyl (C=O) groups excluding carboxylic acids is 2.